The summed E-state index contributed by atoms with van der Waals surface area (Å²) in [6, 6.07) is 8.06. The summed E-state index contributed by atoms with van der Waals surface area (Å²) in [5.41, 5.74) is 2.27. The number of rotatable bonds is 5. The van der Waals surface area contributed by atoms with Crippen LogP contribution < -0.4 is 4.90 Å². The first kappa shape index (κ1) is 13.6. The summed E-state index contributed by atoms with van der Waals surface area (Å²) >= 11 is 0. The molecule has 0 saturated heterocycles. The average Bonchev–Trinajstić information content (AvgIpc) is 2.26. The lowest BCUT2D eigenvalue weighted by atomic mass is 10.2. The minimum atomic E-state index is -0.176. The third-order valence-electron chi connectivity index (χ3n) is 2.52. The normalized spacial score (nSPS) is 10.4. The topological polar surface area (TPSA) is 29.5 Å². The number of benzene rings is 1. The van der Waals surface area contributed by atoms with E-state index in [1.807, 2.05) is 56.9 Å². The van der Waals surface area contributed by atoms with Crippen molar-refractivity contribution in [2.24, 2.45) is 0 Å². The van der Waals surface area contributed by atoms with Crippen molar-refractivity contribution in [2.75, 3.05) is 18.0 Å². The molecule has 3 heteroatoms. The number of likely N-dealkylation sites (N-methyl/N-ethyl adjacent to an activating group) is 1. The van der Waals surface area contributed by atoms with E-state index in [2.05, 4.69) is 0 Å². The molecule has 1 aromatic rings. The summed E-state index contributed by atoms with van der Waals surface area (Å²) in [6.45, 7) is 8.91. The van der Waals surface area contributed by atoms with Gasteiger partial charge in [-0.3, -0.25) is 4.79 Å². The second-order valence-corrected chi connectivity index (χ2v) is 4.34. The number of nitrogens with zero attached hydrogens (tertiary/aromatic N) is 1. The van der Waals surface area contributed by atoms with Crippen LogP contribution in [-0.2, 0) is 9.53 Å². The van der Waals surface area contributed by atoms with Gasteiger partial charge < -0.3 is 9.64 Å². The van der Waals surface area contributed by atoms with E-state index in [1.165, 1.54) is 5.56 Å². The highest BCUT2D eigenvalue weighted by Crippen LogP contribution is 2.18. The molecule has 0 spiro atoms. The zero-order chi connectivity index (χ0) is 12.8. The summed E-state index contributed by atoms with van der Waals surface area (Å²) in [6.07, 6.45) is -0.0573. The van der Waals surface area contributed by atoms with E-state index in [1.54, 1.807) is 0 Å². The summed E-state index contributed by atoms with van der Waals surface area (Å²) < 4.78 is 5.16. The molecule has 0 unspecified atom stereocenters. The molecule has 0 radical (unpaired) electrons. The standard InChI is InChI=1S/C14H21NO2/c1-5-15(10-14(16)17-11(2)3)13-9-7-6-8-12(13)4/h6-9,11H,5,10H2,1-4H3. The van der Waals surface area contributed by atoms with Crippen LogP contribution in [0, 0.1) is 6.92 Å². The smallest absolute Gasteiger partial charge is 0.325 e. The Hall–Kier alpha value is -1.51. The number of hydrogen-bond donors (Lipinski definition) is 0. The SMILES string of the molecule is CCN(CC(=O)OC(C)C)c1ccccc1C. The fraction of sp³-hybridized carbons (Fsp3) is 0.500. The third-order valence-corrected chi connectivity index (χ3v) is 2.52. The highest BCUT2D eigenvalue weighted by molar-refractivity contribution is 5.76. The van der Waals surface area contributed by atoms with Crippen molar-refractivity contribution in [3.8, 4) is 0 Å². The number of esters is 1. The number of carbonyl (C=O) groups excluding carboxylic acids is 1. The first-order valence-electron chi connectivity index (χ1n) is 6.04. The summed E-state index contributed by atoms with van der Waals surface area (Å²) in [4.78, 5) is 13.7. The van der Waals surface area contributed by atoms with Crippen molar-refractivity contribution in [3.05, 3.63) is 29.8 Å². The van der Waals surface area contributed by atoms with E-state index in [0.717, 1.165) is 12.2 Å². The molecule has 3 nitrogen and oxygen atoms in total. The molecule has 1 aromatic carbocycles. The number of aryl methyl sites for hydroxylation is 1. The minimum Gasteiger partial charge on any atom is -0.462 e. The molecule has 0 aliphatic rings. The Bertz CT molecular complexity index is 374. The van der Waals surface area contributed by atoms with Crippen LogP contribution in [0.2, 0.25) is 0 Å². The fourth-order valence-corrected chi connectivity index (χ4v) is 1.74. The van der Waals surface area contributed by atoms with Crippen molar-refractivity contribution in [1.82, 2.24) is 0 Å². The molecule has 0 heterocycles. The van der Waals surface area contributed by atoms with Crippen molar-refractivity contribution in [3.63, 3.8) is 0 Å². The van der Waals surface area contributed by atoms with Crippen molar-refractivity contribution in [1.29, 1.82) is 0 Å². The van der Waals surface area contributed by atoms with Gasteiger partial charge in [0.25, 0.3) is 0 Å². The molecule has 0 atom stereocenters. The first-order valence-corrected chi connectivity index (χ1v) is 6.04. The zero-order valence-electron chi connectivity index (χ0n) is 11.1. The van der Waals surface area contributed by atoms with Crippen LogP contribution in [0.3, 0.4) is 0 Å². The quantitative estimate of drug-likeness (QED) is 0.735. The van der Waals surface area contributed by atoms with Gasteiger partial charge in [-0.15, -0.1) is 0 Å². The molecule has 0 aliphatic heterocycles. The van der Waals surface area contributed by atoms with Gasteiger partial charge in [-0.05, 0) is 39.3 Å². The Morgan fingerprint density at radius 2 is 2.00 bits per heavy atom. The lowest BCUT2D eigenvalue weighted by Gasteiger charge is -2.24. The van der Waals surface area contributed by atoms with Crippen LogP contribution in [-0.4, -0.2) is 25.2 Å². The average molecular weight is 235 g/mol. The Kier molecular flexibility index (Phi) is 5.01. The predicted octanol–water partition coefficient (Wildman–Crippen LogP) is 2.77. The van der Waals surface area contributed by atoms with Gasteiger partial charge in [0.05, 0.1) is 6.10 Å². The van der Waals surface area contributed by atoms with Crippen molar-refractivity contribution < 1.29 is 9.53 Å². The number of carbonyl (C=O) groups is 1. The molecule has 0 amide bonds. The van der Waals surface area contributed by atoms with Gasteiger partial charge in [0, 0.05) is 12.2 Å². The maximum atomic E-state index is 11.6. The van der Waals surface area contributed by atoms with Crippen LogP contribution in [0.25, 0.3) is 0 Å². The largest absolute Gasteiger partial charge is 0.462 e. The van der Waals surface area contributed by atoms with Crippen LogP contribution in [0.1, 0.15) is 26.3 Å². The van der Waals surface area contributed by atoms with Crippen molar-refractivity contribution in [2.45, 2.75) is 33.8 Å². The zero-order valence-corrected chi connectivity index (χ0v) is 11.1. The van der Waals surface area contributed by atoms with Crippen LogP contribution in [0.5, 0.6) is 0 Å². The highest BCUT2D eigenvalue weighted by Gasteiger charge is 2.13. The predicted molar refractivity (Wildman–Crippen MR) is 70.3 cm³/mol. The second-order valence-electron chi connectivity index (χ2n) is 4.34. The molecule has 0 N–H and O–H groups in total. The third kappa shape index (κ3) is 4.10. The molecule has 0 saturated carbocycles. The lowest BCUT2D eigenvalue weighted by Crippen LogP contribution is -2.32. The molecule has 0 aliphatic carbocycles. The van der Waals surface area contributed by atoms with Gasteiger partial charge >= 0.3 is 5.97 Å². The molecule has 1 rings (SSSR count). The summed E-state index contributed by atoms with van der Waals surface area (Å²) in [7, 11) is 0. The first-order chi connectivity index (χ1) is 8.04. The Morgan fingerprint density at radius 1 is 1.35 bits per heavy atom. The van der Waals surface area contributed by atoms with E-state index >= 15 is 0 Å². The maximum absolute atomic E-state index is 11.6. The number of para-hydroxylation sites is 1. The molecule has 0 fully saturated rings. The number of ether oxygens (including phenoxy) is 1. The van der Waals surface area contributed by atoms with Gasteiger partial charge in [0.15, 0.2) is 0 Å². The van der Waals surface area contributed by atoms with E-state index in [0.29, 0.717) is 6.54 Å². The molecule has 0 aromatic heterocycles. The molecule has 94 valence electrons. The van der Waals surface area contributed by atoms with Crippen LogP contribution >= 0.6 is 0 Å². The maximum Gasteiger partial charge on any atom is 0.325 e. The van der Waals surface area contributed by atoms with E-state index in [-0.39, 0.29) is 12.1 Å². The molecular weight excluding hydrogens is 214 g/mol. The van der Waals surface area contributed by atoms with Gasteiger partial charge in [0.2, 0.25) is 0 Å². The molecular formula is C14H21NO2. The Morgan fingerprint density at radius 3 is 2.53 bits per heavy atom. The Balaban J connectivity index is 2.73. The van der Waals surface area contributed by atoms with Gasteiger partial charge in [-0.25, -0.2) is 0 Å². The highest BCUT2D eigenvalue weighted by atomic mass is 16.5. The van der Waals surface area contributed by atoms with Gasteiger partial charge in [-0.2, -0.15) is 0 Å². The molecule has 0 bridgehead atoms. The Labute approximate surface area is 103 Å². The summed E-state index contributed by atoms with van der Waals surface area (Å²) in [5.74, 6) is -0.176. The van der Waals surface area contributed by atoms with Crippen LogP contribution in [0.4, 0.5) is 5.69 Å². The van der Waals surface area contributed by atoms with Crippen LogP contribution in [0.15, 0.2) is 24.3 Å². The summed E-state index contributed by atoms with van der Waals surface area (Å²) in [5, 5.41) is 0. The molecule has 17 heavy (non-hydrogen) atoms. The monoisotopic (exact) mass is 235 g/mol. The minimum absolute atomic E-state index is 0.0573. The van der Waals surface area contributed by atoms with Gasteiger partial charge in [0.1, 0.15) is 6.54 Å². The van der Waals surface area contributed by atoms with E-state index in [4.69, 9.17) is 4.74 Å². The number of anilines is 1. The van der Waals surface area contributed by atoms with Crippen molar-refractivity contribution >= 4 is 11.7 Å². The lowest BCUT2D eigenvalue weighted by molar-refractivity contribution is -0.145. The fourth-order valence-electron chi connectivity index (χ4n) is 1.74. The van der Waals surface area contributed by atoms with Gasteiger partial charge in [-0.1, -0.05) is 18.2 Å². The number of hydrogen-bond acceptors (Lipinski definition) is 3. The van der Waals surface area contributed by atoms with E-state index < -0.39 is 0 Å². The van der Waals surface area contributed by atoms with E-state index in [9.17, 15) is 4.79 Å². The second kappa shape index (κ2) is 6.28.